The van der Waals surface area contributed by atoms with Gasteiger partial charge in [-0.1, -0.05) is 86.3 Å². The van der Waals surface area contributed by atoms with E-state index in [1.54, 1.807) is 90.1 Å². The molecular formula is C44H58F6O8. The highest BCUT2D eigenvalue weighted by molar-refractivity contribution is 5.83. The summed E-state index contributed by atoms with van der Waals surface area (Å²) in [5.74, 6) is -6.59. The van der Waals surface area contributed by atoms with Gasteiger partial charge in [0.15, 0.2) is 0 Å². The first-order valence-electron chi connectivity index (χ1n) is 19.9. The number of carbonyl (C=O) groups excluding carboxylic acids is 4. The van der Waals surface area contributed by atoms with E-state index < -0.39 is 96.8 Å². The lowest BCUT2D eigenvalue weighted by molar-refractivity contribution is -0.173. The molecule has 14 heteroatoms. The maximum absolute atomic E-state index is 12.9. The number of hydrogen-bond acceptors (Lipinski definition) is 8. The van der Waals surface area contributed by atoms with Crippen LogP contribution in [0.15, 0.2) is 60.7 Å². The summed E-state index contributed by atoms with van der Waals surface area (Å²) in [4.78, 5) is 51.0. The first-order valence-corrected chi connectivity index (χ1v) is 19.9. The molecule has 8 nitrogen and oxygen atoms in total. The molecule has 0 amide bonds. The Hall–Kier alpha value is -4.10. The van der Waals surface area contributed by atoms with Crippen molar-refractivity contribution in [3.8, 4) is 0 Å². The first-order chi connectivity index (χ1) is 26.9. The van der Waals surface area contributed by atoms with Crippen LogP contribution in [0.25, 0.3) is 0 Å². The molecule has 0 radical (unpaired) electrons. The Kier molecular flexibility index (Phi) is 17.7. The van der Waals surface area contributed by atoms with Crippen molar-refractivity contribution in [2.45, 2.75) is 143 Å². The molecule has 2 saturated carbocycles. The minimum Gasteiger partial charge on any atom is -0.461 e. The predicted molar refractivity (Wildman–Crippen MR) is 203 cm³/mol. The molecule has 0 unspecified atom stereocenters. The zero-order chi connectivity index (χ0) is 43.3. The van der Waals surface area contributed by atoms with Gasteiger partial charge in [0, 0.05) is 12.8 Å². The second-order valence-corrected chi connectivity index (χ2v) is 17.3. The van der Waals surface area contributed by atoms with Crippen molar-refractivity contribution < 1.29 is 64.5 Å². The van der Waals surface area contributed by atoms with Crippen molar-refractivity contribution in [3.05, 3.63) is 71.8 Å². The summed E-state index contributed by atoms with van der Waals surface area (Å²) in [5.41, 5.74) is -0.124. The fourth-order valence-corrected chi connectivity index (χ4v) is 6.31. The van der Waals surface area contributed by atoms with E-state index in [1.165, 1.54) is 0 Å². The SMILES string of the molecule is CC(C)(C)OC(=O)[C@@H](CC1CC1)[C@@H](CCC(F)(F)F)C(=O)OCc1ccccc1.CC(C)(C)OC(=O)[C@H](CC1CC1)[C@@H](CCC(F)(F)F)C(=O)OCc1ccccc1. The van der Waals surface area contributed by atoms with E-state index >= 15 is 0 Å². The van der Waals surface area contributed by atoms with Crippen molar-refractivity contribution in [2.24, 2.45) is 35.5 Å². The lowest BCUT2D eigenvalue weighted by Crippen LogP contribution is -2.37. The summed E-state index contributed by atoms with van der Waals surface area (Å²) in [7, 11) is 0. The molecule has 4 rings (SSSR count). The fraction of sp³-hybridized carbons (Fsp3) is 0.636. The third kappa shape index (κ3) is 20.0. The lowest BCUT2D eigenvalue weighted by atomic mass is 9.84. The topological polar surface area (TPSA) is 105 Å². The minimum absolute atomic E-state index is 0.0490. The summed E-state index contributed by atoms with van der Waals surface area (Å²) < 4.78 is 98.7. The van der Waals surface area contributed by atoms with Gasteiger partial charge in [0.2, 0.25) is 0 Å². The van der Waals surface area contributed by atoms with Crippen LogP contribution in [-0.2, 0) is 51.3 Å². The van der Waals surface area contributed by atoms with Crippen molar-refractivity contribution in [1.82, 2.24) is 0 Å². The molecule has 0 aromatic heterocycles. The summed E-state index contributed by atoms with van der Waals surface area (Å²) in [6.07, 6.45) is -7.81. The van der Waals surface area contributed by atoms with Crippen LogP contribution < -0.4 is 0 Å². The zero-order valence-electron chi connectivity index (χ0n) is 34.3. The molecule has 2 aromatic rings. The summed E-state index contributed by atoms with van der Waals surface area (Å²) in [6.45, 7) is 10.1. The van der Waals surface area contributed by atoms with Crippen LogP contribution in [0.2, 0.25) is 0 Å². The molecule has 2 aromatic carbocycles. The number of carbonyl (C=O) groups is 4. The molecule has 0 N–H and O–H groups in total. The quantitative estimate of drug-likeness (QED) is 0.0831. The lowest BCUT2D eigenvalue weighted by Gasteiger charge is -2.28. The van der Waals surface area contributed by atoms with Crippen LogP contribution in [0, 0.1) is 35.5 Å². The fourth-order valence-electron chi connectivity index (χ4n) is 6.31. The van der Waals surface area contributed by atoms with Crippen molar-refractivity contribution in [2.75, 3.05) is 0 Å². The Morgan fingerprint density at radius 2 is 0.828 bits per heavy atom. The van der Waals surface area contributed by atoms with Crippen molar-refractivity contribution in [3.63, 3.8) is 0 Å². The number of benzene rings is 2. The van der Waals surface area contributed by atoms with Crippen LogP contribution in [-0.4, -0.2) is 47.4 Å². The van der Waals surface area contributed by atoms with E-state index in [0.29, 0.717) is 12.8 Å². The molecule has 4 atom stereocenters. The van der Waals surface area contributed by atoms with Gasteiger partial charge in [0.1, 0.15) is 24.4 Å². The Bertz CT molecular complexity index is 1470. The second-order valence-electron chi connectivity index (χ2n) is 17.3. The third-order valence-corrected chi connectivity index (χ3v) is 9.49. The number of halogens is 6. The molecule has 0 heterocycles. The molecular weight excluding hydrogens is 770 g/mol. The molecule has 324 valence electrons. The summed E-state index contributed by atoms with van der Waals surface area (Å²) in [5, 5.41) is 0. The summed E-state index contributed by atoms with van der Waals surface area (Å²) >= 11 is 0. The van der Waals surface area contributed by atoms with E-state index in [-0.39, 0.29) is 25.0 Å². The number of ether oxygens (including phenoxy) is 4. The average molecular weight is 829 g/mol. The van der Waals surface area contributed by atoms with Gasteiger partial charge < -0.3 is 18.9 Å². The maximum atomic E-state index is 12.9. The molecule has 0 spiro atoms. The molecule has 2 aliphatic rings. The largest absolute Gasteiger partial charge is 0.461 e. The Balaban J connectivity index is 0.000000310. The maximum Gasteiger partial charge on any atom is 0.389 e. The highest BCUT2D eigenvalue weighted by Gasteiger charge is 2.44. The van der Waals surface area contributed by atoms with Crippen LogP contribution in [0.3, 0.4) is 0 Å². The van der Waals surface area contributed by atoms with Gasteiger partial charge in [-0.15, -0.1) is 0 Å². The third-order valence-electron chi connectivity index (χ3n) is 9.49. The van der Waals surface area contributed by atoms with Gasteiger partial charge in [-0.3, -0.25) is 19.2 Å². The van der Waals surface area contributed by atoms with Gasteiger partial charge in [-0.2, -0.15) is 26.3 Å². The van der Waals surface area contributed by atoms with E-state index in [1.807, 2.05) is 12.1 Å². The van der Waals surface area contributed by atoms with E-state index in [2.05, 4.69) is 0 Å². The van der Waals surface area contributed by atoms with Crippen molar-refractivity contribution >= 4 is 23.9 Å². The zero-order valence-corrected chi connectivity index (χ0v) is 34.3. The minimum atomic E-state index is -4.42. The van der Waals surface area contributed by atoms with Gasteiger partial charge in [0.25, 0.3) is 0 Å². The molecule has 2 fully saturated rings. The highest BCUT2D eigenvalue weighted by atomic mass is 19.4. The van der Waals surface area contributed by atoms with Crippen molar-refractivity contribution in [1.29, 1.82) is 0 Å². The van der Waals surface area contributed by atoms with Crippen LogP contribution in [0.1, 0.15) is 117 Å². The molecule has 0 aliphatic heterocycles. The summed E-state index contributed by atoms with van der Waals surface area (Å²) in [6, 6.07) is 17.8. The molecule has 2 aliphatic carbocycles. The molecule has 58 heavy (non-hydrogen) atoms. The Labute approximate surface area is 337 Å². The van der Waals surface area contributed by atoms with Crippen LogP contribution in [0.5, 0.6) is 0 Å². The number of hydrogen-bond donors (Lipinski definition) is 0. The van der Waals surface area contributed by atoms with E-state index in [4.69, 9.17) is 18.9 Å². The number of esters is 4. The second kappa shape index (κ2) is 21.2. The van der Waals surface area contributed by atoms with E-state index in [9.17, 15) is 45.5 Å². The standard InChI is InChI=1S/2C22H29F3O4/c2*1-21(2,3)29-20(27)18(13-15-9-10-15)17(11-12-22(23,24)25)19(26)28-14-16-7-5-4-6-8-16/h2*4-8,15,17-18H,9-14H2,1-3H3/t17-,18+;17-,18-/m11/s1. The average Bonchev–Trinajstić information content (AvgIpc) is 4.05. The Morgan fingerprint density at radius 3 is 1.09 bits per heavy atom. The van der Waals surface area contributed by atoms with Gasteiger partial charge in [-0.25, -0.2) is 0 Å². The van der Waals surface area contributed by atoms with E-state index in [0.717, 1.165) is 36.8 Å². The van der Waals surface area contributed by atoms with Gasteiger partial charge in [0.05, 0.1) is 23.7 Å². The molecule has 0 bridgehead atoms. The monoisotopic (exact) mass is 828 g/mol. The smallest absolute Gasteiger partial charge is 0.389 e. The molecule has 0 saturated heterocycles. The normalized spacial score (nSPS) is 16.8. The highest BCUT2D eigenvalue weighted by Crippen LogP contribution is 2.42. The Morgan fingerprint density at radius 1 is 0.517 bits per heavy atom. The number of alkyl halides is 6. The van der Waals surface area contributed by atoms with Crippen LogP contribution >= 0.6 is 0 Å². The van der Waals surface area contributed by atoms with Gasteiger partial charge >= 0.3 is 36.2 Å². The number of rotatable bonds is 18. The first kappa shape index (κ1) is 48.3. The van der Waals surface area contributed by atoms with Gasteiger partial charge in [-0.05, 0) is 90.2 Å². The van der Waals surface area contributed by atoms with Crippen LogP contribution in [0.4, 0.5) is 26.3 Å². The predicted octanol–water partition coefficient (Wildman–Crippen LogP) is 10.9.